The molecule has 3 aliphatic heterocycles. The number of carboxylic acids is 1. The van der Waals surface area contributed by atoms with E-state index in [2.05, 4.69) is 48.3 Å². The van der Waals surface area contributed by atoms with Crippen LogP contribution in [0, 0.1) is 6.92 Å². The number of hydrogen-bond donors (Lipinski definition) is 2. The van der Waals surface area contributed by atoms with Crippen LogP contribution in [-0.4, -0.2) is 73.1 Å². The predicted octanol–water partition coefficient (Wildman–Crippen LogP) is 5.91. The van der Waals surface area contributed by atoms with Crippen molar-refractivity contribution in [2.45, 2.75) is 108 Å². The van der Waals surface area contributed by atoms with Gasteiger partial charge in [-0.25, -0.2) is 4.98 Å². The molecule has 8 nitrogen and oxygen atoms in total. The number of aliphatic carboxylic acids is 1. The smallest absolute Gasteiger partial charge is 0.325 e. The zero-order valence-electron chi connectivity index (χ0n) is 26.2. The molecule has 234 valence electrons. The fourth-order valence-electron chi connectivity index (χ4n) is 7.86. The summed E-state index contributed by atoms with van der Waals surface area (Å²) in [5.41, 5.74) is 6.29. The van der Waals surface area contributed by atoms with Gasteiger partial charge >= 0.3 is 5.97 Å². The van der Waals surface area contributed by atoms with Gasteiger partial charge in [-0.1, -0.05) is 30.7 Å². The van der Waals surface area contributed by atoms with Crippen LogP contribution in [0.1, 0.15) is 104 Å². The van der Waals surface area contributed by atoms with E-state index >= 15 is 0 Å². The highest BCUT2D eigenvalue weighted by atomic mass is 16.5. The molecule has 1 spiro atoms. The van der Waals surface area contributed by atoms with Crippen LogP contribution in [-0.2, 0) is 37.4 Å². The number of ether oxygens (including phenoxy) is 3. The Balaban J connectivity index is 1.07. The Morgan fingerprint density at radius 3 is 2.95 bits per heavy atom. The number of aryl methyl sites for hydroxylation is 3. The maximum Gasteiger partial charge on any atom is 0.325 e. The van der Waals surface area contributed by atoms with Crippen molar-refractivity contribution in [3.63, 3.8) is 0 Å². The molecular formula is C35H49N3O5. The maximum atomic E-state index is 13.0. The summed E-state index contributed by atoms with van der Waals surface area (Å²) >= 11 is 0. The summed E-state index contributed by atoms with van der Waals surface area (Å²) in [4.78, 5) is 19.9. The van der Waals surface area contributed by atoms with Crippen molar-refractivity contribution < 1.29 is 24.1 Å². The van der Waals surface area contributed by atoms with Crippen molar-refractivity contribution in [3.05, 3.63) is 57.8 Å². The molecule has 8 heteroatoms. The topological polar surface area (TPSA) is 93.2 Å². The SMILES string of the molecule is Cc1cc([C@@H](C(=O)O)N(C)[C@H]2CC[C@H](OCCCCc3ccc4c(n3)NCCC4)C2)c2c(c1)[C@@]1(CCCOC1)OC[C@H]2C. The molecule has 6 rings (SSSR count). The molecule has 1 saturated heterocycles. The number of anilines is 1. The average Bonchev–Trinajstić information content (AvgIpc) is 3.48. The van der Waals surface area contributed by atoms with Crippen molar-refractivity contribution in [2.75, 3.05) is 45.3 Å². The molecule has 4 aliphatic rings. The lowest BCUT2D eigenvalue weighted by Gasteiger charge is -2.45. The molecule has 1 aromatic carbocycles. The molecule has 5 atom stereocenters. The number of unbranched alkanes of at least 4 members (excludes halogenated alkanes) is 1. The van der Waals surface area contributed by atoms with Gasteiger partial charge in [-0.05, 0) is 106 Å². The molecule has 1 aromatic heterocycles. The molecule has 2 N–H and O–H groups in total. The molecular weight excluding hydrogens is 542 g/mol. The highest BCUT2D eigenvalue weighted by Crippen LogP contribution is 2.47. The minimum absolute atomic E-state index is 0.126. The zero-order valence-corrected chi connectivity index (χ0v) is 26.2. The molecule has 2 aromatic rings. The Bertz CT molecular complexity index is 1290. The normalized spacial score (nSPS) is 27.5. The number of nitrogens with one attached hydrogen (secondary N) is 1. The minimum Gasteiger partial charge on any atom is -0.480 e. The fraction of sp³-hybridized carbons (Fsp3) is 0.657. The number of rotatable bonds is 10. The van der Waals surface area contributed by atoms with E-state index in [4.69, 9.17) is 19.2 Å². The number of likely N-dealkylation sites (N-methyl/N-ethyl adjacent to an activating group) is 1. The van der Waals surface area contributed by atoms with Crippen molar-refractivity contribution >= 4 is 11.8 Å². The van der Waals surface area contributed by atoms with E-state index in [0.717, 1.165) is 111 Å². The minimum atomic E-state index is -0.793. The van der Waals surface area contributed by atoms with Crippen LogP contribution in [0.2, 0.25) is 0 Å². The summed E-state index contributed by atoms with van der Waals surface area (Å²) < 4.78 is 18.7. The highest BCUT2D eigenvalue weighted by Gasteiger charge is 2.45. The Morgan fingerprint density at radius 2 is 2.14 bits per heavy atom. The largest absolute Gasteiger partial charge is 0.480 e. The van der Waals surface area contributed by atoms with Crippen LogP contribution < -0.4 is 5.32 Å². The molecule has 4 heterocycles. The quantitative estimate of drug-likeness (QED) is 0.330. The lowest BCUT2D eigenvalue weighted by Crippen LogP contribution is -2.45. The number of carboxylic acid groups (broad SMARTS) is 1. The van der Waals surface area contributed by atoms with E-state index in [-0.39, 0.29) is 18.1 Å². The van der Waals surface area contributed by atoms with Gasteiger partial charge in [0.2, 0.25) is 0 Å². The molecule has 1 saturated carbocycles. The monoisotopic (exact) mass is 591 g/mol. The summed E-state index contributed by atoms with van der Waals surface area (Å²) in [6.07, 6.45) is 10.1. The average molecular weight is 592 g/mol. The standard InChI is InChI=1S/C35H49N3O5/c1-23-18-29(31-24(2)21-43-35(30(31)19-23)14-7-16-41-22-35)32(34(39)40)38(3)27-12-13-28(20-27)42-17-5-4-9-26-11-10-25-8-6-15-36-33(25)37-26/h10-11,18-19,24,27-28,32H,4-9,12-17,20-22H2,1-3H3,(H,36,37)(H,39,40)/t24-,27+,28+,32+,35+/m1/s1. The van der Waals surface area contributed by atoms with Gasteiger partial charge in [0.1, 0.15) is 17.5 Å². The van der Waals surface area contributed by atoms with Crippen molar-refractivity contribution in [1.82, 2.24) is 9.88 Å². The third-order valence-electron chi connectivity index (χ3n) is 10.2. The molecule has 0 radical (unpaired) electrons. The molecule has 0 bridgehead atoms. The molecule has 2 fully saturated rings. The van der Waals surface area contributed by atoms with Gasteiger partial charge in [0.05, 0.1) is 19.3 Å². The number of hydrogen-bond acceptors (Lipinski definition) is 7. The summed E-state index contributed by atoms with van der Waals surface area (Å²) in [6.45, 7) is 7.85. The zero-order chi connectivity index (χ0) is 30.0. The fourth-order valence-corrected chi connectivity index (χ4v) is 7.86. The molecule has 0 unspecified atom stereocenters. The van der Waals surface area contributed by atoms with Crippen molar-refractivity contribution in [2.24, 2.45) is 0 Å². The van der Waals surface area contributed by atoms with Gasteiger partial charge in [-0.3, -0.25) is 9.69 Å². The van der Waals surface area contributed by atoms with Gasteiger partial charge in [0, 0.05) is 37.4 Å². The van der Waals surface area contributed by atoms with Gasteiger partial charge in [0.15, 0.2) is 0 Å². The lowest BCUT2D eigenvalue weighted by atomic mass is 9.75. The van der Waals surface area contributed by atoms with Gasteiger partial charge in [0.25, 0.3) is 0 Å². The maximum absolute atomic E-state index is 13.0. The third-order valence-corrected chi connectivity index (χ3v) is 10.2. The second kappa shape index (κ2) is 13.2. The third kappa shape index (κ3) is 6.48. The Labute approximate surface area is 256 Å². The van der Waals surface area contributed by atoms with Crippen LogP contribution in [0.15, 0.2) is 24.3 Å². The summed E-state index contributed by atoms with van der Waals surface area (Å²) in [5, 5.41) is 14.1. The van der Waals surface area contributed by atoms with Gasteiger partial charge in [-0.2, -0.15) is 0 Å². The first-order valence-corrected chi connectivity index (χ1v) is 16.5. The number of benzene rings is 1. The number of pyridine rings is 1. The van der Waals surface area contributed by atoms with Gasteiger partial charge in [-0.15, -0.1) is 0 Å². The lowest BCUT2D eigenvalue weighted by molar-refractivity contribution is -0.147. The predicted molar refractivity (Wildman–Crippen MR) is 167 cm³/mol. The number of nitrogens with zero attached hydrogens (tertiary/aromatic N) is 2. The number of aromatic nitrogens is 1. The Morgan fingerprint density at radius 1 is 1.26 bits per heavy atom. The number of carbonyl (C=O) groups is 1. The second-order valence-electron chi connectivity index (χ2n) is 13.3. The first-order chi connectivity index (χ1) is 20.8. The van der Waals surface area contributed by atoms with Gasteiger partial charge < -0.3 is 24.6 Å². The van der Waals surface area contributed by atoms with Crippen LogP contribution >= 0.6 is 0 Å². The van der Waals surface area contributed by atoms with Crippen LogP contribution in [0.3, 0.4) is 0 Å². The second-order valence-corrected chi connectivity index (χ2v) is 13.3. The summed E-state index contributed by atoms with van der Waals surface area (Å²) in [5.74, 6) is 0.399. The Hall–Kier alpha value is -2.52. The van der Waals surface area contributed by atoms with Crippen molar-refractivity contribution in [1.29, 1.82) is 0 Å². The van der Waals surface area contributed by atoms with E-state index in [1.807, 2.05) is 7.05 Å². The van der Waals surface area contributed by atoms with E-state index in [1.54, 1.807) is 0 Å². The first kappa shape index (κ1) is 30.5. The molecule has 0 amide bonds. The van der Waals surface area contributed by atoms with Crippen LogP contribution in [0.25, 0.3) is 0 Å². The van der Waals surface area contributed by atoms with Crippen LogP contribution in [0.5, 0.6) is 0 Å². The molecule has 1 aliphatic carbocycles. The van der Waals surface area contributed by atoms with E-state index in [9.17, 15) is 9.90 Å². The highest BCUT2D eigenvalue weighted by molar-refractivity contribution is 5.77. The summed E-state index contributed by atoms with van der Waals surface area (Å²) in [6, 6.07) is 8.16. The summed E-state index contributed by atoms with van der Waals surface area (Å²) in [7, 11) is 1.99. The molecule has 43 heavy (non-hydrogen) atoms. The number of fused-ring (bicyclic) bond motifs is 3. The van der Waals surface area contributed by atoms with E-state index < -0.39 is 17.6 Å². The van der Waals surface area contributed by atoms with Crippen LogP contribution in [0.4, 0.5) is 5.82 Å². The van der Waals surface area contributed by atoms with Crippen molar-refractivity contribution in [3.8, 4) is 0 Å². The van der Waals surface area contributed by atoms with E-state index in [0.29, 0.717) is 13.2 Å². The first-order valence-electron chi connectivity index (χ1n) is 16.5. The van der Waals surface area contributed by atoms with E-state index in [1.165, 1.54) is 12.0 Å². The Kier molecular flexibility index (Phi) is 9.38.